The third kappa shape index (κ3) is 5.20. The van der Waals surface area contributed by atoms with Crippen LogP contribution in [0, 0.1) is 5.92 Å². The number of ketones is 1. The molecule has 1 N–H and O–H groups in total. The van der Waals surface area contributed by atoms with E-state index >= 15 is 0 Å². The lowest BCUT2D eigenvalue weighted by atomic mass is 9.94. The van der Waals surface area contributed by atoms with Crippen LogP contribution >= 0.6 is 11.6 Å². The highest BCUT2D eigenvalue weighted by molar-refractivity contribution is 6.31. The Morgan fingerprint density at radius 1 is 1.15 bits per heavy atom. The Kier molecular flexibility index (Phi) is 7.30. The number of benzene rings is 2. The molecule has 9 heteroatoms. The second-order valence-corrected chi connectivity index (χ2v) is 10.1. The molecule has 4 aromatic rings. The topological polar surface area (TPSA) is 102 Å². The van der Waals surface area contributed by atoms with Crippen molar-refractivity contribution in [3.63, 3.8) is 0 Å². The average Bonchev–Trinajstić information content (AvgIpc) is 3.46. The molecule has 200 valence electrons. The number of rotatable bonds is 9. The summed E-state index contributed by atoms with van der Waals surface area (Å²) in [6, 6.07) is 16.4. The van der Waals surface area contributed by atoms with Gasteiger partial charge in [-0.15, -0.1) is 0 Å². The average molecular weight is 547 g/mol. The molecule has 0 bridgehead atoms. The Labute approximate surface area is 230 Å². The standard InChI is InChI=1S/C30H27ClN2O6/c1-17(2)16-38-22-9-6-7-18(12-22)26-25(28(35)30(36)33(26)15-21-8-4-5-10-32-21)27(34)23-13-19-11-20(31)14-24(37-3)29(19)39-23/h4-14,17,26,35H,15-16H2,1-3H3. The Bertz CT molecular complexity index is 1580. The molecule has 0 fully saturated rings. The molecular weight excluding hydrogens is 520 g/mol. The van der Waals surface area contributed by atoms with Crippen LogP contribution in [-0.2, 0) is 11.3 Å². The van der Waals surface area contributed by atoms with E-state index in [1.807, 2.05) is 26.0 Å². The van der Waals surface area contributed by atoms with Crippen LogP contribution in [0.3, 0.4) is 0 Å². The zero-order valence-electron chi connectivity index (χ0n) is 21.7. The number of aromatic nitrogens is 1. The van der Waals surface area contributed by atoms with E-state index in [9.17, 15) is 14.7 Å². The number of amides is 1. The van der Waals surface area contributed by atoms with E-state index in [4.69, 9.17) is 25.5 Å². The molecule has 0 aliphatic carbocycles. The van der Waals surface area contributed by atoms with Crippen molar-refractivity contribution in [3.8, 4) is 11.5 Å². The fraction of sp³-hybridized carbons (Fsp3) is 0.233. The molecule has 1 atom stereocenters. The number of fused-ring (bicyclic) bond motifs is 1. The first-order chi connectivity index (χ1) is 18.8. The van der Waals surface area contributed by atoms with Crippen LogP contribution in [0.4, 0.5) is 0 Å². The highest BCUT2D eigenvalue weighted by Crippen LogP contribution is 2.42. The number of carbonyl (C=O) groups is 2. The zero-order chi connectivity index (χ0) is 27.7. The number of hydrogen-bond donors (Lipinski definition) is 1. The summed E-state index contributed by atoms with van der Waals surface area (Å²) in [4.78, 5) is 33.1. The van der Waals surface area contributed by atoms with Crippen LogP contribution in [0.2, 0.25) is 5.02 Å². The summed E-state index contributed by atoms with van der Waals surface area (Å²) in [6.07, 6.45) is 1.62. The van der Waals surface area contributed by atoms with Gasteiger partial charge in [0.2, 0.25) is 5.78 Å². The highest BCUT2D eigenvalue weighted by atomic mass is 35.5. The quantitative estimate of drug-likeness (QED) is 0.246. The number of nitrogens with zero attached hydrogens (tertiary/aromatic N) is 2. The van der Waals surface area contributed by atoms with Crippen molar-refractivity contribution in [2.75, 3.05) is 13.7 Å². The molecule has 39 heavy (non-hydrogen) atoms. The summed E-state index contributed by atoms with van der Waals surface area (Å²) in [6.45, 7) is 4.66. The van der Waals surface area contributed by atoms with Gasteiger partial charge in [0.25, 0.3) is 5.91 Å². The van der Waals surface area contributed by atoms with E-state index in [2.05, 4.69) is 4.98 Å². The highest BCUT2D eigenvalue weighted by Gasteiger charge is 2.45. The smallest absolute Gasteiger partial charge is 0.290 e. The van der Waals surface area contributed by atoms with Crippen molar-refractivity contribution in [1.29, 1.82) is 0 Å². The minimum absolute atomic E-state index is 0.0585. The third-order valence-corrected chi connectivity index (χ3v) is 6.57. The summed E-state index contributed by atoms with van der Waals surface area (Å²) in [5, 5.41) is 12.0. The van der Waals surface area contributed by atoms with Crippen molar-refractivity contribution in [1.82, 2.24) is 9.88 Å². The Morgan fingerprint density at radius 3 is 2.69 bits per heavy atom. The maximum atomic E-state index is 13.9. The second-order valence-electron chi connectivity index (χ2n) is 9.66. The summed E-state index contributed by atoms with van der Waals surface area (Å²) in [5.74, 6) is -0.747. The van der Waals surface area contributed by atoms with Gasteiger partial charge in [-0.25, -0.2) is 0 Å². The molecule has 1 aliphatic heterocycles. The van der Waals surface area contributed by atoms with Gasteiger partial charge in [-0.2, -0.15) is 0 Å². The van der Waals surface area contributed by atoms with Gasteiger partial charge < -0.3 is 23.9 Å². The number of halogens is 1. The lowest BCUT2D eigenvalue weighted by Gasteiger charge is -2.26. The maximum absolute atomic E-state index is 13.9. The monoisotopic (exact) mass is 546 g/mol. The molecule has 8 nitrogen and oxygen atoms in total. The lowest BCUT2D eigenvalue weighted by Crippen LogP contribution is -2.31. The van der Waals surface area contributed by atoms with E-state index in [0.717, 1.165) is 0 Å². The number of aliphatic hydroxyl groups excluding tert-OH is 1. The SMILES string of the molecule is COc1cc(Cl)cc2cc(C(=O)C3=C(O)C(=O)N(Cc4ccccn4)C3c3cccc(OCC(C)C)c3)oc12. The van der Waals surface area contributed by atoms with Crippen molar-refractivity contribution in [3.05, 3.63) is 100 Å². The first-order valence-corrected chi connectivity index (χ1v) is 12.8. The van der Waals surface area contributed by atoms with Gasteiger partial charge in [0.05, 0.1) is 37.6 Å². The van der Waals surface area contributed by atoms with Gasteiger partial charge in [0, 0.05) is 22.7 Å². The normalized spacial score (nSPS) is 15.5. The van der Waals surface area contributed by atoms with E-state index < -0.39 is 23.5 Å². The minimum atomic E-state index is -0.909. The summed E-state index contributed by atoms with van der Waals surface area (Å²) < 4.78 is 17.1. The fourth-order valence-corrected chi connectivity index (χ4v) is 4.80. The van der Waals surface area contributed by atoms with Gasteiger partial charge in [-0.1, -0.05) is 43.6 Å². The molecule has 5 rings (SSSR count). The number of ether oxygens (including phenoxy) is 2. The molecule has 0 radical (unpaired) electrons. The molecule has 1 aliphatic rings. The molecule has 0 spiro atoms. The van der Waals surface area contributed by atoms with Gasteiger partial charge in [-0.3, -0.25) is 14.6 Å². The summed E-state index contributed by atoms with van der Waals surface area (Å²) in [7, 11) is 1.47. The number of hydrogen-bond acceptors (Lipinski definition) is 7. The van der Waals surface area contributed by atoms with Gasteiger partial charge in [0.1, 0.15) is 5.75 Å². The van der Waals surface area contributed by atoms with Gasteiger partial charge in [-0.05, 0) is 47.9 Å². The fourth-order valence-electron chi connectivity index (χ4n) is 4.58. The Balaban J connectivity index is 1.59. The first kappa shape index (κ1) is 26.3. The molecule has 3 heterocycles. The number of methoxy groups -OCH3 is 1. The van der Waals surface area contributed by atoms with Crippen LogP contribution in [0.5, 0.6) is 11.5 Å². The lowest BCUT2D eigenvalue weighted by molar-refractivity contribution is -0.130. The maximum Gasteiger partial charge on any atom is 0.290 e. The number of furan rings is 1. The number of aliphatic hydroxyl groups is 1. The molecular formula is C30H27ClN2O6. The van der Waals surface area contributed by atoms with Gasteiger partial charge >= 0.3 is 0 Å². The van der Waals surface area contributed by atoms with Crippen molar-refractivity contribution in [2.24, 2.45) is 5.92 Å². The van der Waals surface area contributed by atoms with E-state index in [1.54, 1.807) is 48.7 Å². The minimum Gasteiger partial charge on any atom is -0.503 e. The zero-order valence-corrected chi connectivity index (χ0v) is 22.4. The van der Waals surface area contributed by atoms with Crippen LogP contribution < -0.4 is 9.47 Å². The predicted octanol–water partition coefficient (Wildman–Crippen LogP) is 6.30. The van der Waals surface area contributed by atoms with Crippen LogP contribution in [-0.4, -0.2) is 40.4 Å². The Hall–Kier alpha value is -4.30. The van der Waals surface area contributed by atoms with Crippen LogP contribution in [0.15, 0.2) is 82.6 Å². The van der Waals surface area contributed by atoms with Crippen molar-refractivity contribution in [2.45, 2.75) is 26.4 Å². The number of carbonyl (C=O) groups excluding carboxylic acids is 2. The third-order valence-electron chi connectivity index (χ3n) is 6.35. The number of Topliss-reactive ketones (excluding diaryl/α,β-unsaturated/α-hetero) is 1. The summed E-state index contributed by atoms with van der Waals surface area (Å²) in [5.41, 5.74) is 1.44. The number of pyridine rings is 1. The van der Waals surface area contributed by atoms with E-state index in [-0.39, 0.29) is 17.9 Å². The first-order valence-electron chi connectivity index (χ1n) is 12.5. The molecule has 1 unspecified atom stereocenters. The molecule has 0 saturated heterocycles. The van der Waals surface area contributed by atoms with Crippen molar-refractivity contribution < 1.29 is 28.6 Å². The Morgan fingerprint density at radius 2 is 1.97 bits per heavy atom. The summed E-state index contributed by atoms with van der Waals surface area (Å²) >= 11 is 6.20. The molecule has 2 aromatic carbocycles. The van der Waals surface area contributed by atoms with Crippen molar-refractivity contribution >= 4 is 34.3 Å². The second kappa shape index (κ2) is 10.8. The van der Waals surface area contributed by atoms with E-state index in [1.165, 1.54) is 18.1 Å². The molecule has 0 saturated carbocycles. The molecule has 2 aromatic heterocycles. The van der Waals surface area contributed by atoms with Crippen LogP contribution in [0.25, 0.3) is 11.0 Å². The van der Waals surface area contributed by atoms with Gasteiger partial charge in [0.15, 0.2) is 22.9 Å². The largest absolute Gasteiger partial charge is 0.503 e. The van der Waals surface area contributed by atoms with E-state index in [0.29, 0.717) is 51.3 Å². The predicted molar refractivity (Wildman–Crippen MR) is 146 cm³/mol. The van der Waals surface area contributed by atoms with Crippen LogP contribution in [0.1, 0.15) is 41.7 Å². The molecule has 1 amide bonds.